The fourth-order valence-electron chi connectivity index (χ4n) is 13.7. The molecule has 2 saturated carbocycles. The molecule has 2 fully saturated rings. The number of allylic oxidation sites excluding steroid dienone is 2. The van der Waals surface area contributed by atoms with E-state index in [1.807, 2.05) is 0 Å². The van der Waals surface area contributed by atoms with Gasteiger partial charge in [-0.2, -0.15) is 0 Å². The second-order valence-electron chi connectivity index (χ2n) is 23.9. The summed E-state index contributed by atoms with van der Waals surface area (Å²) in [5.41, 5.74) is 17.7. The normalized spacial score (nSPS) is 21.5. The molecule has 4 heteroatoms. The zero-order valence-electron chi connectivity index (χ0n) is 41.5. The molecule has 0 amide bonds. The molecule has 4 aromatic rings. The molecule has 2 unspecified atom stereocenters. The van der Waals surface area contributed by atoms with E-state index in [-0.39, 0.29) is 18.1 Å². The summed E-state index contributed by atoms with van der Waals surface area (Å²) in [5.74, 6) is -1.78. The van der Waals surface area contributed by atoms with Gasteiger partial charge in [-0.3, -0.25) is 0 Å². The summed E-state index contributed by atoms with van der Waals surface area (Å²) in [4.78, 5) is 0. The van der Waals surface area contributed by atoms with Gasteiger partial charge in [-0.1, -0.05) is 0 Å². The fourth-order valence-corrected chi connectivity index (χ4v) is 45.0. The van der Waals surface area contributed by atoms with Crippen molar-refractivity contribution in [2.24, 2.45) is 10.8 Å². The van der Waals surface area contributed by atoms with Gasteiger partial charge >= 0.3 is 402 Å². The second kappa shape index (κ2) is 18.5. The zero-order valence-corrected chi connectivity index (χ0v) is 46.7. The van der Waals surface area contributed by atoms with Crippen LogP contribution in [0.5, 0.6) is 0 Å². The molecule has 0 N–H and O–H groups in total. The molecule has 0 aromatic heterocycles. The third-order valence-electron chi connectivity index (χ3n) is 17.2. The zero-order chi connectivity index (χ0) is 45.7. The van der Waals surface area contributed by atoms with Gasteiger partial charge in [-0.15, -0.1) is 0 Å². The average molecular weight is 993 g/mol. The summed E-state index contributed by atoms with van der Waals surface area (Å²) < 4.78 is 0.192. The van der Waals surface area contributed by atoms with Crippen LogP contribution >= 0.6 is 17.0 Å². The Morgan fingerprint density at radius 2 is 0.891 bits per heavy atom. The third-order valence-corrected chi connectivity index (χ3v) is 69.0. The van der Waals surface area contributed by atoms with Crippen LogP contribution in [-0.2, 0) is 26.4 Å². The molecular formula is C60H81Cl2SiZr. The molecule has 0 saturated heterocycles. The molecule has 343 valence electrons. The number of fused-ring (bicyclic) bond motifs is 2. The van der Waals surface area contributed by atoms with Gasteiger partial charge in [0.2, 0.25) is 0 Å². The van der Waals surface area contributed by atoms with Crippen molar-refractivity contribution in [1.29, 1.82) is 0 Å². The van der Waals surface area contributed by atoms with Gasteiger partial charge in [0.1, 0.15) is 0 Å². The van der Waals surface area contributed by atoms with E-state index in [9.17, 15) is 17.0 Å². The van der Waals surface area contributed by atoms with Gasteiger partial charge in [0.25, 0.3) is 0 Å². The molecule has 0 spiro atoms. The van der Waals surface area contributed by atoms with Crippen molar-refractivity contribution >= 4 is 35.1 Å². The van der Waals surface area contributed by atoms with Gasteiger partial charge < -0.3 is 0 Å². The molecule has 64 heavy (non-hydrogen) atoms. The van der Waals surface area contributed by atoms with Crippen molar-refractivity contribution in [1.82, 2.24) is 0 Å². The number of hydrogen-bond acceptors (Lipinski definition) is 0. The molecule has 4 aromatic carbocycles. The number of rotatable bonds is 13. The van der Waals surface area contributed by atoms with Crippen molar-refractivity contribution in [2.75, 3.05) is 0 Å². The predicted octanol–water partition coefficient (Wildman–Crippen LogP) is 19.5. The van der Waals surface area contributed by atoms with E-state index in [0.717, 1.165) is 12.8 Å². The van der Waals surface area contributed by atoms with Crippen LogP contribution in [0.3, 0.4) is 0 Å². The van der Waals surface area contributed by atoms with Crippen LogP contribution in [0.4, 0.5) is 0 Å². The fraction of sp³-hybridized carbons (Fsp3) is 0.533. The molecule has 4 aliphatic rings. The maximum atomic E-state index is 9.36. The summed E-state index contributed by atoms with van der Waals surface area (Å²) in [6.45, 7) is 23.9. The summed E-state index contributed by atoms with van der Waals surface area (Å²) in [7, 11) is 18.7. The van der Waals surface area contributed by atoms with E-state index < -0.39 is 21.5 Å². The molecule has 8 rings (SSSR count). The van der Waals surface area contributed by atoms with Gasteiger partial charge in [0.05, 0.1) is 0 Å². The van der Waals surface area contributed by atoms with E-state index in [4.69, 9.17) is 0 Å². The van der Waals surface area contributed by atoms with Crippen LogP contribution in [0.25, 0.3) is 34.4 Å². The van der Waals surface area contributed by atoms with E-state index >= 15 is 0 Å². The van der Waals surface area contributed by atoms with Gasteiger partial charge in [0.15, 0.2) is 0 Å². The summed E-state index contributed by atoms with van der Waals surface area (Å²) in [6, 6.07) is 33.4. The predicted molar refractivity (Wildman–Crippen MR) is 283 cm³/mol. The molecule has 0 aliphatic heterocycles. The Labute approximate surface area is 399 Å². The van der Waals surface area contributed by atoms with Crippen LogP contribution in [0.1, 0.15) is 199 Å². The standard InChI is InChI=1S/2C29H37.C2H7Si.2ClH.Zr/c2*1-5-16-29(17-7-6-8-18-29)21-22-19-24-10-9-11-26(27(24)20-22)23-12-14-25(15-13-23)28(2,3)4;1-3-2;;;/h2*9-15,19-20H,5-8,16-18,21H2,1-4H3;3H,1-2H3;2*1H;/q;;;;;+2/p-2. The molecule has 0 nitrogen and oxygen atoms in total. The molecular weight excluding hydrogens is 911 g/mol. The van der Waals surface area contributed by atoms with Gasteiger partial charge in [0, 0.05) is 0 Å². The van der Waals surface area contributed by atoms with Crippen molar-refractivity contribution in [2.45, 2.75) is 189 Å². The minimum atomic E-state index is -5.16. The molecule has 0 bridgehead atoms. The monoisotopic (exact) mass is 989 g/mol. The van der Waals surface area contributed by atoms with Crippen LogP contribution < -0.4 is 0 Å². The Bertz CT molecular complexity index is 2180. The first-order valence-electron chi connectivity index (χ1n) is 25.8. The SMILES string of the molecule is CCCC1(CC2=Cc3c(-c4ccc(C(C)(C)C)cc4)cccc3[CH]2[Zr]([Cl])([Cl])([CH]2C(CC3(CCC)CCCCC3)=Cc3c(-c4ccc(C(C)(C)C)cc4)cccc32)[SiH](C)C)CCCCC1. The van der Waals surface area contributed by atoms with E-state index in [2.05, 4.69) is 166 Å². The second-order valence-corrected chi connectivity index (χ2v) is 66.4. The summed E-state index contributed by atoms with van der Waals surface area (Å²) >= 11 is -5.16. The first kappa shape index (κ1) is 48.5. The minimum absolute atomic E-state index is 0.0958. The van der Waals surface area contributed by atoms with Crippen LogP contribution in [-0.4, -0.2) is 5.92 Å². The van der Waals surface area contributed by atoms with E-state index in [0.29, 0.717) is 10.8 Å². The Balaban J connectivity index is 1.36. The molecule has 0 heterocycles. The van der Waals surface area contributed by atoms with Crippen LogP contribution in [0, 0.1) is 10.8 Å². The Morgan fingerprint density at radius 1 is 0.531 bits per heavy atom. The van der Waals surface area contributed by atoms with Crippen molar-refractivity contribution in [3.8, 4) is 22.3 Å². The Morgan fingerprint density at radius 3 is 1.20 bits per heavy atom. The van der Waals surface area contributed by atoms with Crippen molar-refractivity contribution in [3.63, 3.8) is 0 Å². The van der Waals surface area contributed by atoms with Crippen molar-refractivity contribution in [3.05, 3.63) is 129 Å². The van der Waals surface area contributed by atoms with Crippen LogP contribution in [0.15, 0.2) is 96.1 Å². The quantitative estimate of drug-likeness (QED) is 0.117. The molecule has 0 radical (unpaired) electrons. The molecule has 4 aliphatic carbocycles. The number of halogens is 2. The van der Waals surface area contributed by atoms with Crippen molar-refractivity contribution < 1.29 is 15.6 Å². The average Bonchev–Trinajstić information content (AvgIpc) is 3.82. The Kier molecular flexibility index (Phi) is 14.0. The Hall–Kier alpha value is -1.96. The van der Waals surface area contributed by atoms with E-state index in [1.54, 1.807) is 11.1 Å². The number of benzene rings is 4. The van der Waals surface area contributed by atoms with E-state index in [1.165, 1.54) is 146 Å². The summed E-state index contributed by atoms with van der Waals surface area (Å²) in [5, 5.41) is 0. The van der Waals surface area contributed by atoms with Crippen LogP contribution in [0.2, 0.25) is 13.1 Å². The maximum absolute atomic E-state index is 9.36. The van der Waals surface area contributed by atoms with Gasteiger partial charge in [-0.25, -0.2) is 0 Å². The first-order valence-corrected chi connectivity index (χ1v) is 42.1. The molecule has 2 atom stereocenters. The first-order chi connectivity index (χ1) is 30.3. The topological polar surface area (TPSA) is 0 Å². The van der Waals surface area contributed by atoms with Gasteiger partial charge in [-0.05, 0) is 0 Å². The third kappa shape index (κ3) is 9.05. The summed E-state index contributed by atoms with van der Waals surface area (Å²) in [6.07, 6.45) is 26.1. The number of hydrogen-bond donors (Lipinski definition) is 0.